The van der Waals surface area contributed by atoms with Gasteiger partial charge in [0.05, 0.1) is 7.11 Å². The molecule has 0 spiro atoms. The Kier molecular flexibility index (Phi) is 3.95. The van der Waals surface area contributed by atoms with Crippen molar-refractivity contribution in [3.63, 3.8) is 0 Å². The SMILES string of the molecule is COc1cc(C2=CNC(N)C(c3ccc(N)cc3)=C2)ccc1O. The molecule has 0 radical (unpaired) electrons. The Hall–Kier alpha value is -2.92. The van der Waals surface area contributed by atoms with Crippen LogP contribution in [0.3, 0.4) is 0 Å². The Labute approximate surface area is 134 Å². The smallest absolute Gasteiger partial charge is 0.161 e. The van der Waals surface area contributed by atoms with E-state index in [9.17, 15) is 5.11 Å². The first kappa shape index (κ1) is 15.0. The van der Waals surface area contributed by atoms with E-state index in [2.05, 4.69) is 5.32 Å². The summed E-state index contributed by atoms with van der Waals surface area (Å²) in [4.78, 5) is 0. The molecule has 1 aliphatic heterocycles. The maximum Gasteiger partial charge on any atom is 0.161 e. The molecule has 1 aliphatic rings. The van der Waals surface area contributed by atoms with Crippen molar-refractivity contribution in [1.82, 2.24) is 5.32 Å². The third-order valence-corrected chi connectivity index (χ3v) is 3.82. The number of hydrogen-bond acceptors (Lipinski definition) is 5. The van der Waals surface area contributed by atoms with Gasteiger partial charge in [0.25, 0.3) is 0 Å². The van der Waals surface area contributed by atoms with E-state index in [1.54, 1.807) is 12.1 Å². The first-order chi connectivity index (χ1) is 11.1. The number of anilines is 1. The number of methoxy groups -OCH3 is 1. The summed E-state index contributed by atoms with van der Waals surface area (Å²) >= 11 is 0. The van der Waals surface area contributed by atoms with Crippen molar-refractivity contribution in [2.75, 3.05) is 12.8 Å². The van der Waals surface area contributed by atoms with E-state index in [1.165, 1.54) is 7.11 Å². The summed E-state index contributed by atoms with van der Waals surface area (Å²) in [7, 11) is 1.53. The molecular formula is C18H19N3O2. The Morgan fingerprint density at radius 1 is 1.09 bits per heavy atom. The second-order valence-corrected chi connectivity index (χ2v) is 5.35. The fourth-order valence-corrected chi connectivity index (χ4v) is 2.53. The molecule has 2 aromatic rings. The predicted octanol–water partition coefficient (Wildman–Crippen LogP) is 2.30. The number of hydrogen-bond donors (Lipinski definition) is 4. The monoisotopic (exact) mass is 309 g/mol. The van der Waals surface area contributed by atoms with Gasteiger partial charge in [-0.15, -0.1) is 0 Å². The number of aromatic hydroxyl groups is 1. The molecule has 2 aromatic carbocycles. The molecule has 1 atom stereocenters. The quantitative estimate of drug-likeness (QED) is 0.653. The molecule has 6 N–H and O–H groups in total. The van der Waals surface area contributed by atoms with Gasteiger partial charge in [-0.1, -0.05) is 18.2 Å². The minimum absolute atomic E-state index is 0.111. The number of phenolic OH excluding ortho intramolecular Hbond substituents is 1. The van der Waals surface area contributed by atoms with Crippen LogP contribution >= 0.6 is 0 Å². The summed E-state index contributed by atoms with van der Waals surface area (Å²) < 4.78 is 5.17. The van der Waals surface area contributed by atoms with Crippen molar-refractivity contribution in [2.24, 2.45) is 5.73 Å². The molecule has 1 unspecified atom stereocenters. The van der Waals surface area contributed by atoms with Crippen LogP contribution in [0, 0.1) is 0 Å². The molecule has 23 heavy (non-hydrogen) atoms. The third-order valence-electron chi connectivity index (χ3n) is 3.82. The molecule has 0 saturated heterocycles. The minimum atomic E-state index is -0.290. The molecule has 5 nitrogen and oxygen atoms in total. The van der Waals surface area contributed by atoms with Crippen LogP contribution in [0.25, 0.3) is 11.1 Å². The number of nitrogens with one attached hydrogen (secondary N) is 1. The minimum Gasteiger partial charge on any atom is -0.504 e. The zero-order valence-corrected chi connectivity index (χ0v) is 12.8. The number of benzene rings is 2. The highest BCUT2D eigenvalue weighted by molar-refractivity contribution is 5.87. The van der Waals surface area contributed by atoms with Gasteiger partial charge in [0.1, 0.15) is 6.17 Å². The van der Waals surface area contributed by atoms with Crippen molar-refractivity contribution < 1.29 is 9.84 Å². The lowest BCUT2D eigenvalue weighted by atomic mass is 9.95. The summed E-state index contributed by atoms with van der Waals surface area (Å²) in [6, 6.07) is 12.8. The van der Waals surface area contributed by atoms with Gasteiger partial charge < -0.3 is 26.6 Å². The van der Waals surface area contributed by atoms with E-state index in [1.807, 2.05) is 42.6 Å². The van der Waals surface area contributed by atoms with Crippen LogP contribution in [0.2, 0.25) is 0 Å². The lowest BCUT2D eigenvalue weighted by molar-refractivity contribution is 0.373. The maximum atomic E-state index is 9.72. The summed E-state index contributed by atoms with van der Waals surface area (Å²) in [5.41, 5.74) is 16.5. The van der Waals surface area contributed by atoms with Gasteiger partial charge in [-0.3, -0.25) is 0 Å². The van der Waals surface area contributed by atoms with E-state index >= 15 is 0 Å². The fourth-order valence-electron chi connectivity index (χ4n) is 2.53. The molecule has 5 heteroatoms. The third kappa shape index (κ3) is 3.00. The van der Waals surface area contributed by atoms with Crippen LogP contribution in [-0.2, 0) is 0 Å². The normalized spacial score (nSPS) is 17.0. The van der Waals surface area contributed by atoms with E-state index < -0.39 is 0 Å². The van der Waals surface area contributed by atoms with Gasteiger partial charge >= 0.3 is 0 Å². The molecule has 0 bridgehead atoms. The van der Waals surface area contributed by atoms with Gasteiger partial charge in [0.15, 0.2) is 11.5 Å². The predicted molar refractivity (Wildman–Crippen MR) is 92.6 cm³/mol. The highest BCUT2D eigenvalue weighted by atomic mass is 16.5. The Balaban J connectivity index is 1.99. The van der Waals surface area contributed by atoms with Crippen LogP contribution in [0.15, 0.2) is 54.7 Å². The van der Waals surface area contributed by atoms with Crippen LogP contribution in [0.5, 0.6) is 11.5 Å². The Bertz CT molecular complexity index is 779. The summed E-state index contributed by atoms with van der Waals surface area (Å²) in [6.45, 7) is 0. The van der Waals surface area contributed by atoms with E-state index in [-0.39, 0.29) is 11.9 Å². The highest BCUT2D eigenvalue weighted by Crippen LogP contribution is 2.32. The van der Waals surface area contributed by atoms with Crippen LogP contribution in [0.4, 0.5) is 5.69 Å². The first-order valence-corrected chi connectivity index (χ1v) is 7.25. The molecular weight excluding hydrogens is 290 g/mol. The van der Waals surface area contributed by atoms with Crippen molar-refractivity contribution in [3.8, 4) is 11.5 Å². The lowest BCUT2D eigenvalue weighted by Crippen LogP contribution is -2.36. The fraction of sp³-hybridized carbons (Fsp3) is 0.111. The summed E-state index contributed by atoms with van der Waals surface area (Å²) in [5, 5.41) is 12.9. The molecule has 0 aliphatic carbocycles. The second kappa shape index (κ2) is 6.06. The largest absolute Gasteiger partial charge is 0.504 e. The Morgan fingerprint density at radius 3 is 2.48 bits per heavy atom. The van der Waals surface area contributed by atoms with Gasteiger partial charge in [0.2, 0.25) is 0 Å². The summed E-state index contributed by atoms with van der Waals surface area (Å²) in [6.07, 6.45) is 3.59. The van der Waals surface area contributed by atoms with Crippen LogP contribution < -0.4 is 21.5 Å². The van der Waals surface area contributed by atoms with Gasteiger partial charge in [-0.2, -0.15) is 0 Å². The number of phenols is 1. The van der Waals surface area contributed by atoms with Gasteiger partial charge in [-0.05, 0) is 52.6 Å². The molecule has 0 aromatic heterocycles. The number of dihydropyridines is 1. The zero-order chi connectivity index (χ0) is 16.4. The standard InChI is InChI=1S/C18H19N3O2/c1-23-17-9-12(4-7-16(17)22)13-8-15(18(20)21-10-13)11-2-5-14(19)6-3-11/h2-10,18,21-22H,19-20H2,1H3. The van der Waals surface area contributed by atoms with E-state index in [0.29, 0.717) is 11.4 Å². The number of ether oxygens (including phenoxy) is 1. The summed E-state index contributed by atoms with van der Waals surface area (Å²) in [5.74, 6) is 0.542. The van der Waals surface area contributed by atoms with Crippen molar-refractivity contribution in [2.45, 2.75) is 6.17 Å². The Morgan fingerprint density at radius 2 is 1.78 bits per heavy atom. The van der Waals surface area contributed by atoms with Crippen molar-refractivity contribution in [3.05, 3.63) is 65.9 Å². The number of nitrogen functional groups attached to an aromatic ring is 1. The van der Waals surface area contributed by atoms with Crippen molar-refractivity contribution in [1.29, 1.82) is 0 Å². The van der Waals surface area contributed by atoms with E-state index in [0.717, 1.165) is 22.3 Å². The van der Waals surface area contributed by atoms with E-state index in [4.69, 9.17) is 16.2 Å². The van der Waals surface area contributed by atoms with Crippen molar-refractivity contribution >= 4 is 16.8 Å². The highest BCUT2D eigenvalue weighted by Gasteiger charge is 2.17. The molecule has 118 valence electrons. The average molecular weight is 309 g/mol. The number of allylic oxidation sites excluding steroid dienone is 2. The molecule has 3 rings (SSSR count). The number of rotatable bonds is 3. The molecule has 0 saturated carbocycles. The number of nitrogens with two attached hydrogens (primary N) is 2. The van der Waals surface area contributed by atoms with Crippen LogP contribution in [0.1, 0.15) is 11.1 Å². The second-order valence-electron chi connectivity index (χ2n) is 5.35. The average Bonchev–Trinajstić information content (AvgIpc) is 2.57. The van der Waals surface area contributed by atoms with Gasteiger partial charge in [0, 0.05) is 11.9 Å². The van der Waals surface area contributed by atoms with Crippen LogP contribution in [-0.4, -0.2) is 18.4 Å². The molecule has 0 amide bonds. The molecule has 1 heterocycles. The zero-order valence-electron chi connectivity index (χ0n) is 12.8. The maximum absolute atomic E-state index is 9.72. The molecule has 0 fully saturated rings. The first-order valence-electron chi connectivity index (χ1n) is 7.25. The lowest BCUT2D eigenvalue weighted by Gasteiger charge is -2.23. The van der Waals surface area contributed by atoms with Gasteiger partial charge in [-0.25, -0.2) is 0 Å². The topological polar surface area (TPSA) is 93.5 Å².